The molecule has 1 aromatic rings. The van der Waals surface area contributed by atoms with Gasteiger partial charge in [-0.25, -0.2) is 4.79 Å². The maximum absolute atomic E-state index is 12.6. The highest BCUT2D eigenvalue weighted by Gasteiger charge is 2.30. The summed E-state index contributed by atoms with van der Waals surface area (Å²) < 4.78 is 10.8. The van der Waals surface area contributed by atoms with Gasteiger partial charge < -0.3 is 29.5 Å². The van der Waals surface area contributed by atoms with E-state index in [1.807, 2.05) is 30.1 Å². The van der Waals surface area contributed by atoms with Crippen LogP contribution in [0, 0.1) is 0 Å². The molecule has 204 valence electrons. The van der Waals surface area contributed by atoms with Crippen LogP contribution in [-0.4, -0.2) is 123 Å². The summed E-state index contributed by atoms with van der Waals surface area (Å²) >= 11 is 0. The number of carbonyl (C=O) groups is 3. The van der Waals surface area contributed by atoms with Crippen LogP contribution in [-0.2, 0) is 25.5 Å². The molecule has 3 fully saturated rings. The second kappa shape index (κ2) is 13.6. The Labute approximate surface area is 219 Å². The first-order valence-electron chi connectivity index (χ1n) is 13.6. The van der Waals surface area contributed by atoms with Crippen LogP contribution in [0.5, 0.6) is 0 Å². The number of hydrogen-bond donors (Lipinski definition) is 1. The summed E-state index contributed by atoms with van der Waals surface area (Å²) in [6, 6.07) is 8.74. The average Bonchev–Trinajstić information content (AvgIpc) is 2.97. The molecule has 4 rings (SSSR count). The third kappa shape index (κ3) is 7.35. The third-order valence-electron chi connectivity index (χ3n) is 7.95. The predicted molar refractivity (Wildman–Crippen MR) is 140 cm³/mol. The molecule has 3 heterocycles. The van der Waals surface area contributed by atoms with Crippen molar-refractivity contribution in [3.63, 3.8) is 0 Å². The van der Waals surface area contributed by atoms with E-state index in [1.165, 1.54) is 5.56 Å². The van der Waals surface area contributed by atoms with Gasteiger partial charge in [-0.3, -0.25) is 14.5 Å². The van der Waals surface area contributed by atoms with Crippen molar-refractivity contribution < 1.29 is 23.9 Å². The normalized spacial score (nSPS) is 19.9. The van der Waals surface area contributed by atoms with Gasteiger partial charge in [-0.15, -0.1) is 0 Å². The molecule has 3 amide bonds. The maximum atomic E-state index is 12.6. The average molecular weight is 516 g/mol. The van der Waals surface area contributed by atoms with Gasteiger partial charge in [-0.2, -0.15) is 0 Å². The fourth-order valence-electron chi connectivity index (χ4n) is 5.63. The van der Waals surface area contributed by atoms with E-state index in [2.05, 4.69) is 16.3 Å². The van der Waals surface area contributed by atoms with E-state index in [4.69, 9.17) is 9.47 Å². The number of para-hydroxylation sites is 1. The van der Waals surface area contributed by atoms with Crippen molar-refractivity contribution in [2.24, 2.45) is 0 Å². The van der Waals surface area contributed by atoms with Gasteiger partial charge in [0.1, 0.15) is 0 Å². The Morgan fingerprint density at radius 3 is 2.41 bits per heavy atom. The first-order valence-corrected chi connectivity index (χ1v) is 13.6. The van der Waals surface area contributed by atoms with Crippen molar-refractivity contribution in [2.45, 2.75) is 44.2 Å². The van der Waals surface area contributed by atoms with Crippen LogP contribution in [0.3, 0.4) is 0 Å². The van der Waals surface area contributed by atoms with Crippen LogP contribution in [0.4, 0.5) is 10.5 Å². The molecule has 1 aromatic carbocycles. The number of carbonyl (C=O) groups excluding carboxylic acids is 3. The molecular formula is C27H41N5O5. The van der Waals surface area contributed by atoms with E-state index >= 15 is 0 Å². The van der Waals surface area contributed by atoms with E-state index in [0.29, 0.717) is 51.6 Å². The molecule has 0 atom stereocenters. The lowest BCUT2D eigenvalue weighted by molar-refractivity contribution is -0.137. The van der Waals surface area contributed by atoms with Crippen molar-refractivity contribution in [2.75, 3.05) is 78.0 Å². The zero-order valence-corrected chi connectivity index (χ0v) is 22.0. The summed E-state index contributed by atoms with van der Waals surface area (Å²) in [5, 5.41) is 3.19. The molecule has 0 aromatic heterocycles. The quantitative estimate of drug-likeness (QED) is 0.500. The number of hydrogen-bond acceptors (Lipinski definition) is 7. The van der Waals surface area contributed by atoms with Gasteiger partial charge in [-0.1, -0.05) is 18.2 Å². The molecule has 3 aliphatic heterocycles. The molecule has 0 radical (unpaired) electrons. The largest absolute Gasteiger partial charge is 0.439 e. The Bertz CT molecular complexity index is 893. The number of rotatable bonds is 9. The highest BCUT2D eigenvalue weighted by atomic mass is 16.6. The van der Waals surface area contributed by atoms with E-state index in [0.717, 1.165) is 57.7 Å². The molecule has 0 saturated carbocycles. The molecule has 3 aliphatic rings. The van der Waals surface area contributed by atoms with Crippen LogP contribution in [0.2, 0.25) is 0 Å². The molecule has 1 N–H and O–H groups in total. The first kappa shape index (κ1) is 27.2. The zero-order chi connectivity index (χ0) is 26.0. The molecule has 10 heteroatoms. The van der Waals surface area contributed by atoms with Crippen molar-refractivity contribution in [3.8, 4) is 0 Å². The maximum Gasteiger partial charge on any atom is 0.410 e. The number of amides is 3. The monoisotopic (exact) mass is 515 g/mol. The second-order valence-corrected chi connectivity index (χ2v) is 10.0. The number of piperazine rings is 1. The molecule has 0 spiro atoms. The SMILES string of the molecule is CNc1ccccc1CCN(C=O)C1CCN(C(=O)OCC(=O)N2CCN(C3CCOCC3)CC2)CC1. The molecule has 10 nitrogen and oxygen atoms in total. The number of ether oxygens (including phenoxy) is 2. The van der Waals surface area contributed by atoms with Crippen LogP contribution in [0.25, 0.3) is 0 Å². The molecule has 0 bridgehead atoms. The summed E-state index contributed by atoms with van der Waals surface area (Å²) in [4.78, 5) is 44.7. The zero-order valence-electron chi connectivity index (χ0n) is 22.0. The summed E-state index contributed by atoms with van der Waals surface area (Å²) in [6.45, 7) is 6.10. The highest BCUT2D eigenvalue weighted by Crippen LogP contribution is 2.20. The molecular weight excluding hydrogens is 474 g/mol. The second-order valence-electron chi connectivity index (χ2n) is 10.0. The fraction of sp³-hybridized carbons (Fsp3) is 0.667. The van der Waals surface area contributed by atoms with Gasteiger partial charge in [0.25, 0.3) is 5.91 Å². The van der Waals surface area contributed by atoms with Crippen LogP contribution < -0.4 is 5.32 Å². The number of nitrogens with zero attached hydrogens (tertiary/aromatic N) is 4. The van der Waals surface area contributed by atoms with E-state index in [1.54, 1.807) is 9.80 Å². The molecule has 3 saturated heterocycles. The smallest absolute Gasteiger partial charge is 0.410 e. The molecule has 0 aliphatic carbocycles. The standard InChI is InChI=1S/C27H41N5O5/c1-28-25-5-3-2-4-22(25)6-11-32(21-33)23-7-12-31(13-8-23)27(35)37-20-26(34)30-16-14-29(15-17-30)24-9-18-36-19-10-24/h2-5,21,23-24,28H,6-20H2,1H3. The van der Waals surface area contributed by atoms with Crippen molar-refractivity contribution in [1.82, 2.24) is 19.6 Å². The lowest BCUT2D eigenvalue weighted by Gasteiger charge is -2.40. The number of likely N-dealkylation sites (tertiary alicyclic amines) is 1. The van der Waals surface area contributed by atoms with Crippen molar-refractivity contribution in [3.05, 3.63) is 29.8 Å². The third-order valence-corrected chi connectivity index (χ3v) is 7.95. The van der Waals surface area contributed by atoms with Crippen LogP contribution in [0.1, 0.15) is 31.2 Å². The van der Waals surface area contributed by atoms with E-state index in [-0.39, 0.29) is 18.6 Å². The lowest BCUT2D eigenvalue weighted by atomic mass is 10.0. The number of anilines is 1. The van der Waals surface area contributed by atoms with Crippen molar-refractivity contribution in [1.29, 1.82) is 0 Å². The Morgan fingerprint density at radius 1 is 1.03 bits per heavy atom. The minimum absolute atomic E-state index is 0.0944. The minimum atomic E-state index is -0.451. The predicted octanol–water partition coefficient (Wildman–Crippen LogP) is 1.65. The number of benzene rings is 1. The Balaban J connectivity index is 1.15. The van der Waals surface area contributed by atoms with E-state index in [9.17, 15) is 14.4 Å². The molecule has 37 heavy (non-hydrogen) atoms. The number of nitrogens with one attached hydrogen (secondary N) is 1. The summed E-state index contributed by atoms with van der Waals surface area (Å²) in [7, 11) is 1.90. The van der Waals surface area contributed by atoms with Gasteiger partial charge in [-0.05, 0) is 43.7 Å². The van der Waals surface area contributed by atoms with Gasteiger partial charge in [0.15, 0.2) is 6.61 Å². The Hall–Kier alpha value is -2.85. The topological polar surface area (TPSA) is 94.7 Å². The summed E-state index contributed by atoms with van der Waals surface area (Å²) in [5.74, 6) is -0.135. The Kier molecular flexibility index (Phi) is 10.0. The van der Waals surface area contributed by atoms with Crippen LogP contribution in [0.15, 0.2) is 24.3 Å². The summed E-state index contributed by atoms with van der Waals surface area (Å²) in [5.41, 5.74) is 2.24. The van der Waals surface area contributed by atoms with Gasteiger partial charge in [0.2, 0.25) is 6.41 Å². The highest BCUT2D eigenvalue weighted by molar-refractivity contribution is 5.80. The summed E-state index contributed by atoms with van der Waals surface area (Å²) in [6.07, 6.45) is 4.74. The van der Waals surface area contributed by atoms with Gasteiger partial charge in [0.05, 0.1) is 0 Å². The van der Waals surface area contributed by atoms with E-state index < -0.39 is 6.09 Å². The van der Waals surface area contributed by atoms with Crippen molar-refractivity contribution >= 4 is 24.1 Å². The fourth-order valence-corrected chi connectivity index (χ4v) is 5.63. The first-order chi connectivity index (χ1) is 18.1. The number of piperidine rings is 1. The molecule has 0 unspecified atom stereocenters. The van der Waals surface area contributed by atoms with Gasteiger partial charge >= 0.3 is 6.09 Å². The minimum Gasteiger partial charge on any atom is -0.439 e. The van der Waals surface area contributed by atoms with Gasteiger partial charge in [0, 0.05) is 83.8 Å². The Morgan fingerprint density at radius 2 is 1.73 bits per heavy atom. The van der Waals surface area contributed by atoms with Crippen LogP contribution >= 0.6 is 0 Å². The lowest BCUT2D eigenvalue weighted by Crippen LogP contribution is -2.54.